The molecule has 0 aliphatic heterocycles. The predicted molar refractivity (Wildman–Crippen MR) is 72.1 cm³/mol. The number of hydrogen-bond acceptors (Lipinski definition) is 3. The minimum atomic E-state index is -3.43. The molecule has 0 spiro atoms. The van der Waals surface area contributed by atoms with E-state index in [0.717, 1.165) is 6.26 Å². The average molecular weight is 371 g/mol. The fourth-order valence-electron chi connectivity index (χ4n) is 1.02. The van der Waals surface area contributed by atoms with Gasteiger partial charge in [0.2, 0.25) is 5.91 Å². The van der Waals surface area contributed by atoms with Crippen LogP contribution in [0.25, 0.3) is 0 Å². The summed E-state index contributed by atoms with van der Waals surface area (Å²) in [4.78, 5) is 11.6. The van der Waals surface area contributed by atoms with Gasteiger partial charge in [0.15, 0.2) is 9.84 Å². The first-order chi connectivity index (χ1) is 7.71. The van der Waals surface area contributed by atoms with E-state index in [9.17, 15) is 17.6 Å². The van der Waals surface area contributed by atoms with Gasteiger partial charge < -0.3 is 5.32 Å². The highest BCUT2D eigenvalue weighted by molar-refractivity contribution is 14.1. The summed E-state index contributed by atoms with van der Waals surface area (Å²) in [7, 11) is -3.43. The Labute approximate surface area is 113 Å². The first kappa shape index (κ1) is 14.4. The third-order valence-corrected chi connectivity index (χ3v) is 4.59. The van der Waals surface area contributed by atoms with Crippen molar-refractivity contribution in [1.29, 1.82) is 0 Å². The van der Waals surface area contributed by atoms with Crippen molar-refractivity contribution in [2.45, 2.75) is 12.2 Å². The van der Waals surface area contributed by atoms with Gasteiger partial charge in [-0.25, -0.2) is 12.8 Å². The van der Waals surface area contributed by atoms with Crippen LogP contribution in [0.1, 0.15) is 6.92 Å². The topological polar surface area (TPSA) is 63.2 Å². The fourth-order valence-corrected chi connectivity index (χ4v) is 2.08. The van der Waals surface area contributed by atoms with E-state index in [-0.39, 0.29) is 0 Å². The molecule has 1 amide bonds. The summed E-state index contributed by atoms with van der Waals surface area (Å²) >= 11 is 1.86. The Hall–Kier alpha value is -0.700. The smallest absolute Gasteiger partial charge is 0.242 e. The molecule has 1 aromatic carbocycles. The highest BCUT2D eigenvalue weighted by Gasteiger charge is 2.23. The van der Waals surface area contributed by atoms with Gasteiger partial charge in [-0.1, -0.05) is 0 Å². The molecule has 0 aliphatic rings. The van der Waals surface area contributed by atoms with E-state index in [2.05, 4.69) is 5.32 Å². The summed E-state index contributed by atoms with van der Waals surface area (Å²) < 4.78 is 35.7. The molecule has 1 N–H and O–H groups in total. The van der Waals surface area contributed by atoms with Gasteiger partial charge in [-0.2, -0.15) is 0 Å². The zero-order valence-corrected chi connectivity index (χ0v) is 12.2. The van der Waals surface area contributed by atoms with E-state index in [1.807, 2.05) is 22.6 Å². The molecule has 0 aliphatic carbocycles. The van der Waals surface area contributed by atoms with Crippen molar-refractivity contribution >= 4 is 44.0 Å². The highest BCUT2D eigenvalue weighted by atomic mass is 127. The van der Waals surface area contributed by atoms with Crippen LogP contribution in [0.15, 0.2) is 18.2 Å². The minimum Gasteiger partial charge on any atom is -0.324 e. The second-order valence-electron chi connectivity index (χ2n) is 3.59. The largest absolute Gasteiger partial charge is 0.324 e. The quantitative estimate of drug-likeness (QED) is 0.825. The number of sulfone groups is 1. The van der Waals surface area contributed by atoms with Crippen molar-refractivity contribution in [1.82, 2.24) is 0 Å². The van der Waals surface area contributed by atoms with Crippen molar-refractivity contribution in [3.63, 3.8) is 0 Å². The van der Waals surface area contributed by atoms with Gasteiger partial charge in [-0.3, -0.25) is 4.79 Å². The number of rotatable bonds is 3. The van der Waals surface area contributed by atoms with E-state index in [1.165, 1.54) is 25.1 Å². The standard InChI is InChI=1S/C10H11FINO3S/c1-6(17(2,15)16)10(14)13-9-4-3-7(11)5-8(9)12/h3-6H,1-2H3,(H,13,14). The summed E-state index contributed by atoms with van der Waals surface area (Å²) in [5, 5.41) is 1.32. The van der Waals surface area contributed by atoms with E-state index in [0.29, 0.717) is 9.26 Å². The Morgan fingerprint density at radius 1 is 1.47 bits per heavy atom. The number of halogens is 2. The number of anilines is 1. The molecule has 1 unspecified atom stereocenters. The van der Waals surface area contributed by atoms with Crippen LogP contribution in [0, 0.1) is 9.39 Å². The van der Waals surface area contributed by atoms with Crippen molar-refractivity contribution in [2.24, 2.45) is 0 Å². The molecular formula is C10H11FINO3S. The lowest BCUT2D eigenvalue weighted by atomic mass is 10.3. The summed E-state index contributed by atoms with van der Waals surface area (Å²) in [6.07, 6.45) is 0.993. The van der Waals surface area contributed by atoms with E-state index >= 15 is 0 Å². The molecule has 0 heterocycles. The Morgan fingerprint density at radius 2 is 2.06 bits per heavy atom. The molecule has 4 nitrogen and oxygen atoms in total. The Balaban J connectivity index is 2.89. The van der Waals surface area contributed by atoms with Crippen LogP contribution in [0.5, 0.6) is 0 Å². The van der Waals surface area contributed by atoms with Crippen LogP contribution < -0.4 is 5.32 Å². The molecule has 1 aromatic rings. The van der Waals surface area contributed by atoms with Gasteiger partial charge in [-0.05, 0) is 47.7 Å². The number of benzene rings is 1. The third-order valence-electron chi connectivity index (χ3n) is 2.20. The molecule has 1 rings (SSSR count). The Kier molecular flexibility index (Phi) is 4.48. The number of carbonyl (C=O) groups excluding carboxylic acids is 1. The van der Waals surface area contributed by atoms with Crippen LogP contribution in [0.3, 0.4) is 0 Å². The molecule has 1 atom stereocenters. The lowest BCUT2D eigenvalue weighted by Crippen LogP contribution is -2.32. The molecule has 17 heavy (non-hydrogen) atoms. The Morgan fingerprint density at radius 3 is 2.53 bits per heavy atom. The maximum atomic E-state index is 12.8. The normalized spacial score (nSPS) is 13.2. The summed E-state index contributed by atoms with van der Waals surface area (Å²) in [5.41, 5.74) is 0.396. The van der Waals surface area contributed by atoms with Crippen LogP contribution in [-0.2, 0) is 14.6 Å². The average Bonchev–Trinajstić information content (AvgIpc) is 2.19. The number of carbonyl (C=O) groups is 1. The monoisotopic (exact) mass is 371 g/mol. The summed E-state index contributed by atoms with van der Waals surface area (Å²) in [6, 6.07) is 3.84. The van der Waals surface area contributed by atoms with Gasteiger partial charge >= 0.3 is 0 Å². The van der Waals surface area contributed by atoms with Crippen LogP contribution in [0.2, 0.25) is 0 Å². The molecule has 0 saturated heterocycles. The minimum absolute atomic E-state index is 0.396. The van der Waals surface area contributed by atoms with Gasteiger partial charge in [0.1, 0.15) is 11.1 Å². The number of hydrogen-bond donors (Lipinski definition) is 1. The van der Waals surface area contributed by atoms with Crippen molar-refractivity contribution in [3.05, 3.63) is 27.6 Å². The maximum absolute atomic E-state index is 12.8. The maximum Gasteiger partial charge on any atom is 0.242 e. The van der Waals surface area contributed by atoms with Gasteiger partial charge in [0.05, 0.1) is 5.69 Å². The predicted octanol–water partition coefficient (Wildman–Crippen LogP) is 1.80. The van der Waals surface area contributed by atoms with E-state index in [4.69, 9.17) is 0 Å². The Bertz CT molecular complexity index is 544. The summed E-state index contributed by atoms with van der Waals surface area (Å²) in [6.45, 7) is 1.31. The number of nitrogens with one attached hydrogen (secondary N) is 1. The van der Waals surface area contributed by atoms with E-state index < -0.39 is 26.8 Å². The zero-order valence-electron chi connectivity index (χ0n) is 9.20. The first-order valence-corrected chi connectivity index (χ1v) is 7.70. The number of amides is 1. The van der Waals surface area contributed by atoms with Gasteiger partial charge in [-0.15, -0.1) is 0 Å². The molecule has 94 valence electrons. The van der Waals surface area contributed by atoms with Crippen molar-refractivity contribution < 1.29 is 17.6 Å². The first-order valence-electron chi connectivity index (χ1n) is 4.66. The molecule has 0 aromatic heterocycles. The lowest BCUT2D eigenvalue weighted by molar-refractivity contribution is -0.115. The van der Waals surface area contributed by atoms with Crippen molar-refractivity contribution in [2.75, 3.05) is 11.6 Å². The second kappa shape index (κ2) is 5.30. The van der Waals surface area contributed by atoms with Crippen LogP contribution in [-0.4, -0.2) is 25.8 Å². The fraction of sp³-hybridized carbons (Fsp3) is 0.300. The molecule has 0 saturated carbocycles. The molecule has 0 fully saturated rings. The van der Waals surface area contributed by atoms with E-state index in [1.54, 1.807) is 0 Å². The van der Waals surface area contributed by atoms with Gasteiger partial charge in [0, 0.05) is 9.83 Å². The highest BCUT2D eigenvalue weighted by Crippen LogP contribution is 2.19. The molecule has 7 heteroatoms. The van der Waals surface area contributed by atoms with Crippen molar-refractivity contribution in [3.8, 4) is 0 Å². The van der Waals surface area contributed by atoms with Gasteiger partial charge in [0.25, 0.3) is 0 Å². The van der Waals surface area contributed by atoms with Crippen LogP contribution >= 0.6 is 22.6 Å². The molecule has 0 bridgehead atoms. The third kappa shape index (κ3) is 3.91. The molecular weight excluding hydrogens is 360 g/mol. The molecule has 0 radical (unpaired) electrons. The lowest BCUT2D eigenvalue weighted by Gasteiger charge is -2.11. The second-order valence-corrected chi connectivity index (χ2v) is 7.11. The zero-order chi connectivity index (χ0) is 13.2. The SMILES string of the molecule is CC(C(=O)Nc1ccc(F)cc1I)S(C)(=O)=O. The summed E-state index contributed by atoms with van der Waals surface area (Å²) in [5.74, 6) is -1.04. The van der Waals surface area contributed by atoms with Crippen LogP contribution in [0.4, 0.5) is 10.1 Å².